The van der Waals surface area contributed by atoms with Crippen molar-refractivity contribution in [3.8, 4) is 0 Å². The van der Waals surface area contributed by atoms with Gasteiger partial charge >= 0.3 is 5.97 Å². The van der Waals surface area contributed by atoms with Gasteiger partial charge in [-0.15, -0.1) is 0 Å². The Kier molecular flexibility index (Phi) is 7.32. The lowest BCUT2D eigenvalue weighted by Crippen LogP contribution is -2.24. The summed E-state index contributed by atoms with van der Waals surface area (Å²) in [6.45, 7) is 0.673. The van der Waals surface area contributed by atoms with Crippen molar-refractivity contribution in [3.63, 3.8) is 0 Å². The summed E-state index contributed by atoms with van der Waals surface area (Å²) >= 11 is 0. The van der Waals surface area contributed by atoms with E-state index in [4.69, 9.17) is 5.11 Å². The summed E-state index contributed by atoms with van der Waals surface area (Å²) in [5.41, 5.74) is 1.28. The Bertz CT molecular complexity index is 390. The highest BCUT2D eigenvalue weighted by molar-refractivity contribution is 5.75. The van der Waals surface area contributed by atoms with E-state index in [1.807, 2.05) is 18.2 Å². The molecule has 2 N–H and O–H groups in total. The quantitative estimate of drug-likeness (QED) is 0.672. The molecule has 0 heterocycles. The lowest BCUT2D eigenvalue weighted by Gasteiger charge is -2.05. The second-order valence-corrected chi connectivity index (χ2v) is 4.54. The topological polar surface area (TPSA) is 66.4 Å². The molecule has 0 aliphatic heterocycles. The van der Waals surface area contributed by atoms with Gasteiger partial charge in [-0.1, -0.05) is 30.3 Å². The standard InChI is InChI=1S/C15H21NO3/c17-14(10-4-5-11-15(18)19)16-12-6-9-13-7-2-1-3-8-13/h1-3,7-8H,4-6,9-12H2,(H,16,17)(H,18,19). The van der Waals surface area contributed by atoms with Crippen LogP contribution in [-0.2, 0) is 16.0 Å². The number of aliphatic carboxylic acids is 1. The largest absolute Gasteiger partial charge is 0.481 e. The Morgan fingerprint density at radius 3 is 2.37 bits per heavy atom. The first-order valence-electron chi connectivity index (χ1n) is 6.71. The molecule has 0 saturated heterocycles. The molecule has 104 valence electrons. The summed E-state index contributed by atoms with van der Waals surface area (Å²) < 4.78 is 0. The molecule has 1 rings (SSSR count). The van der Waals surface area contributed by atoms with E-state index < -0.39 is 5.97 Å². The maximum atomic E-state index is 11.4. The minimum absolute atomic E-state index is 0.0125. The zero-order valence-electron chi connectivity index (χ0n) is 11.1. The number of benzene rings is 1. The second kappa shape index (κ2) is 9.14. The van der Waals surface area contributed by atoms with Crippen LogP contribution in [0, 0.1) is 0 Å². The number of carboxylic acids is 1. The number of carbonyl (C=O) groups is 2. The third-order valence-corrected chi connectivity index (χ3v) is 2.85. The molecule has 19 heavy (non-hydrogen) atoms. The van der Waals surface area contributed by atoms with Crippen molar-refractivity contribution < 1.29 is 14.7 Å². The first-order valence-corrected chi connectivity index (χ1v) is 6.71. The van der Waals surface area contributed by atoms with E-state index in [0.29, 0.717) is 25.8 Å². The lowest BCUT2D eigenvalue weighted by atomic mass is 10.1. The number of nitrogens with one attached hydrogen (secondary N) is 1. The molecule has 0 aromatic heterocycles. The van der Waals surface area contributed by atoms with Crippen molar-refractivity contribution >= 4 is 11.9 Å². The van der Waals surface area contributed by atoms with E-state index in [-0.39, 0.29) is 12.3 Å². The number of hydrogen-bond donors (Lipinski definition) is 2. The van der Waals surface area contributed by atoms with Gasteiger partial charge in [0.25, 0.3) is 0 Å². The highest BCUT2D eigenvalue weighted by atomic mass is 16.4. The molecule has 1 amide bonds. The van der Waals surface area contributed by atoms with Crippen LogP contribution in [0.3, 0.4) is 0 Å². The van der Waals surface area contributed by atoms with Gasteiger partial charge in [0.1, 0.15) is 0 Å². The normalized spacial score (nSPS) is 10.1. The van der Waals surface area contributed by atoms with Crippen LogP contribution < -0.4 is 5.32 Å². The summed E-state index contributed by atoms with van der Waals surface area (Å²) in [6, 6.07) is 10.2. The highest BCUT2D eigenvalue weighted by Crippen LogP contribution is 2.02. The fourth-order valence-electron chi connectivity index (χ4n) is 1.82. The van der Waals surface area contributed by atoms with Crippen molar-refractivity contribution in [2.24, 2.45) is 0 Å². The zero-order chi connectivity index (χ0) is 13.9. The van der Waals surface area contributed by atoms with Gasteiger partial charge < -0.3 is 10.4 Å². The maximum Gasteiger partial charge on any atom is 0.303 e. The van der Waals surface area contributed by atoms with Crippen molar-refractivity contribution in [3.05, 3.63) is 35.9 Å². The van der Waals surface area contributed by atoms with Crippen LogP contribution >= 0.6 is 0 Å². The molecule has 4 nitrogen and oxygen atoms in total. The van der Waals surface area contributed by atoms with Crippen LogP contribution in [0.15, 0.2) is 30.3 Å². The van der Waals surface area contributed by atoms with Crippen LogP contribution in [0.2, 0.25) is 0 Å². The highest BCUT2D eigenvalue weighted by Gasteiger charge is 2.02. The first-order chi connectivity index (χ1) is 9.18. The predicted octanol–water partition coefficient (Wildman–Crippen LogP) is 2.38. The van der Waals surface area contributed by atoms with E-state index in [0.717, 1.165) is 12.8 Å². The Morgan fingerprint density at radius 1 is 1.00 bits per heavy atom. The minimum Gasteiger partial charge on any atom is -0.481 e. The molecule has 0 atom stereocenters. The smallest absolute Gasteiger partial charge is 0.303 e. The summed E-state index contributed by atoms with van der Waals surface area (Å²) in [4.78, 5) is 21.7. The fraction of sp³-hybridized carbons (Fsp3) is 0.467. The van der Waals surface area contributed by atoms with Crippen LogP contribution in [0.4, 0.5) is 0 Å². The van der Waals surface area contributed by atoms with E-state index >= 15 is 0 Å². The number of unbranched alkanes of at least 4 members (excludes halogenated alkanes) is 1. The average Bonchev–Trinajstić information content (AvgIpc) is 2.41. The third kappa shape index (κ3) is 7.97. The summed E-state index contributed by atoms with van der Waals surface area (Å²) in [7, 11) is 0. The van der Waals surface area contributed by atoms with Crippen molar-refractivity contribution in [1.82, 2.24) is 5.32 Å². The molecule has 1 aromatic rings. The van der Waals surface area contributed by atoms with Gasteiger partial charge in [-0.25, -0.2) is 0 Å². The van der Waals surface area contributed by atoms with Crippen molar-refractivity contribution in [2.75, 3.05) is 6.54 Å². The Balaban J connectivity index is 2.00. The second-order valence-electron chi connectivity index (χ2n) is 4.54. The van der Waals surface area contributed by atoms with Gasteiger partial charge in [-0.3, -0.25) is 9.59 Å². The Hall–Kier alpha value is -1.84. The molecule has 0 radical (unpaired) electrons. The third-order valence-electron chi connectivity index (χ3n) is 2.85. The molecule has 0 aliphatic rings. The van der Waals surface area contributed by atoms with E-state index in [1.54, 1.807) is 0 Å². The van der Waals surface area contributed by atoms with Crippen LogP contribution in [0.1, 0.15) is 37.7 Å². The predicted molar refractivity (Wildman–Crippen MR) is 73.9 cm³/mol. The van der Waals surface area contributed by atoms with E-state index in [1.165, 1.54) is 5.56 Å². The molecular formula is C15H21NO3. The van der Waals surface area contributed by atoms with Gasteiger partial charge in [0, 0.05) is 19.4 Å². The number of amides is 1. The minimum atomic E-state index is -0.803. The van der Waals surface area contributed by atoms with Gasteiger partial charge in [0.15, 0.2) is 0 Å². The Labute approximate surface area is 113 Å². The summed E-state index contributed by atoms with van der Waals surface area (Å²) in [6.07, 6.45) is 3.63. The Morgan fingerprint density at radius 2 is 1.68 bits per heavy atom. The SMILES string of the molecule is O=C(O)CCCCC(=O)NCCCc1ccccc1. The molecule has 0 aliphatic carbocycles. The molecule has 0 saturated carbocycles. The molecule has 0 unspecified atom stereocenters. The average molecular weight is 263 g/mol. The lowest BCUT2D eigenvalue weighted by molar-refractivity contribution is -0.137. The van der Waals surface area contributed by atoms with Crippen LogP contribution in [0.5, 0.6) is 0 Å². The summed E-state index contributed by atoms with van der Waals surface area (Å²) in [5.74, 6) is -0.790. The monoisotopic (exact) mass is 263 g/mol. The number of hydrogen-bond acceptors (Lipinski definition) is 2. The van der Waals surface area contributed by atoms with Crippen molar-refractivity contribution in [1.29, 1.82) is 0 Å². The van der Waals surface area contributed by atoms with Gasteiger partial charge in [-0.2, -0.15) is 0 Å². The van der Waals surface area contributed by atoms with Crippen molar-refractivity contribution in [2.45, 2.75) is 38.5 Å². The van der Waals surface area contributed by atoms with Crippen LogP contribution in [0.25, 0.3) is 0 Å². The number of rotatable bonds is 9. The molecule has 0 fully saturated rings. The number of aryl methyl sites for hydroxylation is 1. The first kappa shape index (κ1) is 15.2. The van der Waals surface area contributed by atoms with Crippen LogP contribution in [-0.4, -0.2) is 23.5 Å². The zero-order valence-corrected chi connectivity index (χ0v) is 11.1. The molecule has 4 heteroatoms. The molecular weight excluding hydrogens is 242 g/mol. The molecule has 0 spiro atoms. The summed E-state index contributed by atoms with van der Waals surface area (Å²) in [5, 5.41) is 11.3. The van der Waals surface area contributed by atoms with E-state index in [2.05, 4.69) is 17.4 Å². The fourth-order valence-corrected chi connectivity index (χ4v) is 1.82. The number of carbonyl (C=O) groups excluding carboxylic acids is 1. The van der Waals surface area contributed by atoms with Gasteiger partial charge in [0.2, 0.25) is 5.91 Å². The van der Waals surface area contributed by atoms with Gasteiger partial charge in [-0.05, 0) is 31.2 Å². The van der Waals surface area contributed by atoms with E-state index in [9.17, 15) is 9.59 Å². The maximum absolute atomic E-state index is 11.4. The molecule has 1 aromatic carbocycles. The number of carboxylic acid groups (broad SMARTS) is 1. The molecule has 0 bridgehead atoms. The van der Waals surface area contributed by atoms with Gasteiger partial charge in [0.05, 0.1) is 0 Å².